The number of amides is 2. The van der Waals surface area contributed by atoms with E-state index in [0.717, 1.165) is 23.4 Å². The number of nitrogens with one attached hydrogen (secondary N) is 1. The lowest BCUT2D eigenvalue weighted by molar-refractivity contribution is -0.138. The average Bonchev–Trinajstić information content (AvgIpc) is 3.15. The topological polar surface area (TPSA) is 71.5 Å². The molecule has 0 aromatic carbocycles. The third-order valence-corrected chi connectivity index (χ3v) is 4.15. The molecule has 0 unspecified atom stereocenters. The van der Waals surface area contributed by atoms with E-state index >= 15 is 0 Å². The van der Waals surface area contributed by atoms with Gasteiger partial charge in [-0.1, -0.05) is 0 Å². The van der Waals surface area contributed by atoms with E-state index in [9.17, 15) is 9.59 Å². The number of hydrogen-bond donors (Lipinski definition) is 1. The molecule has 1 aromatic heterocycles. The van der Waals surface area contributed by atoms with E-state index in [1.807, 2.05) is 13.8 Å². The Labute approximate surface area is 122 Å². The summed E-state index contributed by atoms with van der Waals surface area (Å²) in [4.78, 5) is 30.8. The first-order valence-corrected chi connectivity index (χ1v) is 7.35. The van der Waals surface area contributed by atoms with Crippen molar-refractivity contribution in [1.29, 1.82) is 0 Å². The van der Waals surface area contributed by atoms with Crippen LogP contribution in [0.3, 0.4) is 0 Å². The van der Waals surface area contributed by atoms with Crippen molar-refractivity contribution in [3.05, 3.63) is 10.6 Å². The second kappa shape index (κ2) is 6.32. The molecule has 1 heterocycles. The molecule has 0 spiro atoms. The zero-order valence-electron chi connectivity index (χ0n) is 11.9. The molecule has 0 bridgehead atoms. The van der Waals surface area contributed by atoms with E-state index < -0.39 is 0 Å². The maximum absolute atomic E-state index is 12.0. The highest BCUT2D eigenvalue weighted by Gasteiger charge is 2.33. The summed E-state index contributed by atoms with van der Waals surface area (Å²) in [6.45, 7) is 3.94. The van der Waals surface area contributed by atoms with Gasteiger partial charge in [0.25, 0.3) is 0 Å². The summed E-state index contributed by atoms with van der Waals surface area (Å²) < 4.78 is 4.85. The zero-order chi connectivity index (χ0) is 14.7. The van der Waals surface area contributed by atoms with Crippen molar-refractivity contribution in [2.45, 2.75) is 32.7 Å². The minimum atomic E-state index is -0.213. The number of methoxy groups -OCH3 is 1. The van der Waals surface area contributed by atoms with Crippen molar-refractivity contribution in [3.8, 4) is 0 Å². The summed E-state index contributed by atoms with van der Waals surface area (Å²) >= 11 is 1.44. The van der Waals surface area contributed by atoms with E-state index in [0.29, 0.717) is 5.13 Å². The molecule has 0 saturated heterocycles. The van der Waals surface area contributed by atoms with Gasteiger partial charge in [0.1, 0.15) is 13.2 Å². The molecule has 20 heavy (non-hydrogen) atoms. The molecule has 1 saturated carbocycles. The van der Waals surface area contributed by atoms with Crippen LogP contribution in [0.2, 0.25) is 0 Å². The molecule has 0 atom stereocenters. The van der Waals surface area contributed by atoms with Crippen LogP contribution in [0.25, 0.3) is 0 Å². The highest BCUT2D eigenvalue weighted by molar-refractivity contribution is 7.15. The predicted molar refractivity (Wildman–Crippen MR) is 76.8 cm³/mol. The molecular formula is C13H19N3O3S. The molecular weight excluding hydrogens is 278 g/mol. The number of aryl methyl sites for hydroxylation is 2. The van der Waals surface area contributed by atoms with Crippen LogP contribution < -0.4 is 5.32 Å². The Morgan fingerprint density at radius 1 is 1.45 bits per heavy atom. The number of anilines is 1. The van der Waals surface area contributed by atoms with Gasteiger partial charge in [0.05, 0.1) is 5.69 Å². The summed E-state index contributed by atoms with van der Waals surface area (Å²) in [5.41, 5.74) is 0.916. The van der Waals surface area contributed by atoms with Gasteiger partial charge in [-0.3, -0.25) is 9.59 Å². The molecule has 0 radical (unpaired) electrons. The monoisotopic (exact) mass is 297 g/mol. The maximum atomic E-state index is 12.0. The van der Waals surface area contributed by atoms with Crippen molar-refractivity contribution >= 4 is 28.3 Å². The van der Waals surface area contributed by atoms with Crippen molar-refractivity contribution in [2.24, 2.45) is 0 Å². The van der Waals surface area contributed by atoms with Crippen molar-refractivity contribution in [3.63, 3.8) is 0 Å². The smallest absolute Gasteiger partial charge is 0.249 e. The van der Waals surface area contributed by atoms with Gasteiger partial charge in [0.15, 0.2) is 5.13 Å². The van der Waals surface area contributed by atoms with Gasteiger partial charge in [-0.15, -0.1) is 11.3 Å². The third kappa shape index (κ3) is 3.77. The Bertz CT molecular complexity index is 491. The van der Waals surface area contributed by atoms with Gasteiger partial charge in [0, 0.05) is 18.0 Å². The molecule has 2 rings (SSSR count). The van der Waals surface area contributed by atoms with Crippen molar-refractivity contribution in [2.75, 3.05) is 25.6 Å². The second-order valence-corrected chi connectivity index (χ2v) is 6.10. The predicted octanol–water partition coefficient (Wildman–Crippen LogP) is 1.34. The number of thiazole rings is 1. The molecule has 110 valence electrons. The van der Waals surface area contributed by atoms with Gasteiger partial charge >= 0.3 is 0 Å². The first-order valence-electron chi connectivity index (χ1n) is 6.53. The van der Waals surface area contributed by atoms with Gasteiger partial charge < -0.3 is 15.0 Å². The van der Waals surface area contributed by atoms with E-state index in [4.69, 9.17) is 4.74 Å². The number of aromatic nitrogens is 1. The maximum Gasteiger partial charge on any atom is 0.249 e. The Kier molecular flexibility index (Phi) is 4.72. The Morgan fingerprint density at radius 3 is 2.65 bits per heavy atom. The minimum absolute atomic E-state index is 0.0131. The van der Waals surface area contributed by atoms with E-state index in [1.165, 1.54) is 18.4 Å². The fourth-order valence-corrected chi connectivity index (χ4v) is 2.68. The third-order valence-electron chi connectivity index (χ3n) is 3.16. The lowest BCUT2D eigenvalue weighted by Gasteiger charge is -2.21. The molecule has 1 aliphatic rings. The fourth-order valence-electron chi connectivity index (χ4n) is 1.85. The quantitative estimate of drug-likeness (QED) is 0.860. The lowest BCUT2D eigenvalue weighted by atomic mass is 10.4. The number of carbonyl (C=O) groups is 2. The van der Waals surface area contributed by atoms with E-state index in [1.54, 1.807) is 4.90 Å². The SMILES string of the molecule is COCC(=O)N(CC(=O)Nc1nc(C)c(C)s1)C1CC1. The normalized spacial score (nSPS) is 14.2. The standard InChI is InChI=1S/C13H19N3O3S/c1-8-9(2)20-13(14-8)15-11(17)6-16(10-4-5-10)12(18)7-19-3/h10H,4-7H2,1-3H3,(H,14,15,17). The van der Waals surface area contributed by atoms with E-state index in [2.05, 4.69) is 10.3 Å². The zero-order valence-corrected chi connectivity index (χ0v) is 12.7. The van der Waals surface area contributed by atoms with Crippen molar-refractivity contribution in [1.82, 2.24) is 9.88 Å². The van der Waals surface area contributed by atoms with Crippen LogP contribution in [0.1, 0.15) is 23.4 Å². The molecule has 1 aromatic rings. The summed E-state index contributed by atoms with van der Waals surface area (Å²) in [5, 5.41) is 3.33. The molecule has 6 nitrogen and oxygen atoms in total. The largest absolute Gasteiger partial charge is 0.375 e. The molecule has 1 fully saturated rings. The second-order valence-electron chi connectivity index (χ2n) is 4.89. The summed E-state index contributed by atoms with van der Waals surface area (Å²) in [6.07, 6.45) is 1.91. The van der Waals surface area contributed by atoms with Crippen LogP contribution in [0.4, 0.5) is 5.13 Å². The van der Waals surface area contributed by atoms with Crippen LogP contribution in [0, 0.1) is 13.8 Å². The Balaban J connectivity index is 1.93. The van der Waals surface area contributed by atoms with Crippen LogP contribution in [-0.4, -0.2) is 48.0 Å². The molecule has 7 heteroatoms. The average molecular weight is 297 g/mol. The molecule has 0 aliphatic heterocycles. The van der Waals surface area contributed by atoms with Crippen LogP contribution in [0.5, 0.6) is 0 Å². The summed E-state index contributed by atoms with van der Waals surface area (Å²) in [5.74, 6) is -0.355. The van der Waals surface area contributed by atoms with Gasteiger partial charge in [0.2, 0.25) is 11.8 Å². The first kappa shape index (κ1) is 14.9. The van der Waals surface area contributed by atoms with Crippen molar-refractivity contribution < 1.29 is 14.3 Å². The van der Waals surface area contributed by atoms with Gasteiger partial charge in [-0.2, -0.15) is 0 Å². The Hall–Kier alpha value is -1.47. The molecule has 2 amide bonds. The van der Waals surface area contributed by atoms with Crippen LogP contribution in [0.15, 0.2) is 0 Å². The minimum Gasteiger partial charge on any atom is -0.375 e. The number of carbonyl (C=O) groups excluding carboxylic acids is 2. The number of hydrogen-bond acceptors (Lipinski definition) is 5. The summed E-state index contributed by atoms with van der Waals surface area (Å²) in [7, 11) is 1.48. The highest BCUT2D eigenvalue weighted by Crippen LogP contribution is 2.27. The fraction of sp³-hybridized carbons (Fsp3) is 0.615. The Morgan fingerprint density at radius 2 is 2.15 bits per heavy atom. The number of ether oxygens (including phenoxy) is 1. The van der Waals surface area contributed by atoms with E-state index in [-0.39, 0.29) is 31.0 Å². The molecule has 1 N–H and O–H groups in total. The highest BCUT2D eigenvalue weighted by atomic mass is 32.1. The van der Waals surface area contributed by atoms with Crippen LogP contribution in [-0.2, 0) is 14.3 Å². The van der Waals surface area contributed by atoms with Gasteiger partial charge in [-0.05, 0) is 26.7 Å². The summed E-state index contributed by atoms with van der Waals surface area (Å²) in [6, 6.07) is 0.183. The number of nitrogens with zero attached hydrogens (tertiary/aromatic N) is 2. The van der Waals surface area contributed by atoms with Crippen LogP contribution >= 0.6 is 11.3 Å². The van der Waals surface area contributed by atoms with Gasteiger partial charge in [-0.25, -0.2) is 4.98 Å². The lowest BCUT2D eigenvalue weighted by Crippen LogP contribution is -2.41. The number of rotatable bonds is 6. The molecule has 1 aliphatic carbocycles. The first-order chi connectivity index (χ1) is 9.51.